The Morgan fingerprint density at radius 2 is 0.527 bits per heavy atom. The summed E-state index contributed by atoms with van der Waals surface area (Å²) in [6.07, 6.45) is 78.5. The molecule has 0 bridgehead atoms. The van der Waals surface area contributed by atoms with Gasteiger partial charge in [-0.1, -0.05) is 320 Å². The standard InChI is InChI=1S/C68H124O6/c1-4-7-10-13-16-19-22-25-28-29-30-31-32-33-34-35-36-37-38-41-43-46-49-52-55-58-61-67(70)73-64-65(74-68(71)62-59-56-53-50-47-44-40-27-24-21-18-15-12-9-6-3)63-72-66(69)60-57-54-51-48-45-42-39-26-23-20-17-14-11-8-5-2/h9,12,18,21,27,40,47,50,65H,4-8,10-11,13-17,19-20,22-26,28-39,41-46,48-49,51-64H2,1-3H3/b12-9-,21-18-,40-27-,50-47-. The molecule has 0 aromatic carbocycles. The molecule has 0 spiro atoms. The van der Waals surface area contributed by atoms with E-state index < -0.39 is 6.10 Å². The van der Waals surface area contributed by atoms with Crippen LogP contribution in [-0.2, 0) is 28.6 Å². The minimum absolute atomic E-state index is 0.0851. The van der Waals surface area contributed by atoms with Crippen molar-refractivity contribution in [2.24, 2.45) is 0 Å². The summed E-state index contributed by atoms with van der Waals surface area (Å²) < 4.78 is 16.9. The Kier molecular flexibility index (Phi) is 60.7. The maximum absolute atomic E-state index is 12.9. The van der Waals surface area contributed by atoms with Crippen LogP contribution in [0.2, 0.25) is 0 Å². The number of allylic oxidation sites excluding steroid dienone is 8. The fraction of sp³-hybridized carbons (Fsp3) is 0.838. The van der Waals surface area contributed by atoms with Gasteiger partial charge in [0.05, 0.1) is 0 Å². The third-order valence-electron chi connectivity index (χ3n) is 14.6. The quantitative estimate of drug-likeness (QED) is 0.0261. The van der Waals surface area contributed by atoms with Gasteiger partial charge in [0.25, 0.3) is 0 Å². The van der Waals surface area contributed by atoms with Crippen LogP contribution in [-0.4, -0.2) is 37.2 Å². The highest BCUT2D eigenvalue weighted by Gasteiger charge is 2.19. The molecule has 0 N–H and O–H groups in total. The van der Waals surface area contributed by atoms with Gasteiger partial charge in [0, 0.05) is 19.3 Å². The van der Waals surface area contributed by atoms with E-state index in [1.165, 1.54) is 225 Å². The molecule has 0 rings (SSSR count). The number of carbonyl (C=O) groups is 3. The summed E-state index contributed by atoms with van der Waals surface area (Å²) in [5.74, 6) is -0.905. The van der Waals surface area contributed by atoms with Crippen LogP contribution < -0.4 is 0 Å². The van der Waals surface area contributed by atoms with Crippen molar-refractivity contribution in [2.45, 2.75) is 354 Å². The molecule has 0 saturated carbocycles. The van der Waals surface area contributed by atoms with Crippen LogP contribution >= 0.6 is 0 Å². The Morgan fingerprint density at radius 3 is 0.824 bits per heavy atom. The van der Waals surface area contributed by atoms with Crippen molar-refractivity contribution in [1.82, 2.24) is 0 Å². The van der Waals surface area contributed by atoms with Gasteiger partial charge in [-0.25, -0.2) is 0 Å². The zero-order valence-electron chi connectivity index (χ0n) is 49.6. The molecule has 0 amide bonds. The molecule has 0 aromatic rings. The molecule has 0 aromatic heterocycles. The summed E-state index contributed by atoms with van der Waals surface area (Å²) in [5.41, 5.74) is 0. The van der Waals surface area contributed by atoms with E-state index in [0.29, 0.717) is 19.3 Å². The monoisotopic (exact) mass is 1040 g/mol. The minimum Gasteiger partial charge on any atom is -0.462 e. The lowest BCUT2D eigenvalue weighted by Gasteiger charge is -2.18. The molecule has 6 nitrogen and oxygen atoms in total. The number of unbranched alkanes of at least 4 members (excludes halogenated alkanes) is 41. The first-order valence-corrected chi connectivity index (χ1v) is 32.6. The van der Waals surface area contributed by atoms with Crippen LogP contribution in [0.4, 0.5) is 0 Å². The summed E-state index contributed by atoms with van der Waals surface area (Å²) in [4.78, 5) is 38.3. The fourth-order valence-corrected chi connectivity index (χ4v) is 9.73. The average molecular weight is 1040 g/mol. The van der Waals surface area contributed by atoms with Gasteiger partial charge in [0.2, 0.25) is 0 Å². The third-order valence-corrected chi connectivity index (χ3v) is 14.6. The van der Waals surface area contributed by atoms with Gasteiger partial charge in [0.15, 0.2) is 6.10 Å². The number of hydrogen-bond acceptors (Lipinski definition) is 6. The summed E-state index contributed by atoms with van der Waals surface area (Å²) >= 11 is 0. The van der Waals surface area contributed by atoms with E-state index in [4.69, 9.17) is 14.2 Å². The largest absolute Gasteiger partial charge is 0.462 e. The molecule has 0 fully saturated rings. The highest BCUT2D eigenvalue weighted by molar-refractivity contribution is 5.71. The zero-order valence-corrected chi connectivity index (χ0v) is 49.6. The Balaban J connectivity index is 4.25. The molecular weight excluding hydrogens is 913 g/mol. The Labute approximate surface area is 460 Å². The van der Waals surface area contributed by atoms with Crippen molar-refractivity contribution < 1.29 is 28.6 Å². The first-order valence-electron chi connectivity index (χ1n) is 32.6. The second-order valence-corrected chi connectivity index (χ2v) is 22.0. The third kappa shape index (κ3) is 60.2. The summed E-state index contributed by atoms with van der Waals surface area (Å²) in [7, 11) is 0. The lowest BCUT2D eigenvalue weighted by molar-refractivity contribution is -0.167. The number of esters is 3. The Hall–Kier alpha value is -2.63. The predicted molar refractivity (Wildman–Crippen MR) is 321 cm³/mol. The molecule has 0 saturated heterocycles. The molecular formula is C68H124O6. The SMILES string of the molecule is CC/C=C\C/C=C\C/C=C\C/C=C\CCCCC(=O)OC(COC(=O)CCCCCCCCCCCCCCCCC)COC(=O)CCCCCCCCCCCCCCCCCCCCCCCCCCCC. The Morgan fingerprint density at radius 1 is 0.284 bits per heavy atom. The first kappa shape index (κ1) is 71.4. The molecule has 432 valence electrons. The summed E-state index contributed by atoms with van der Waals surface area (Å²) in [5, 5.41) is 0. The number of hydrogen-bond donors (Lipinski definition) is 0. The van der Waals surface area contributed by atoms with Crippen LogP contribution in [0.3, 0.4) is 0 Å². The van der Waals surface area contributed by atoms with E-state index in [2.05, 4.69) is 69.4 Å². The zero-order chi connectivity index (χ0) is 53.6. The molecule has 6 heteroatoms. The highest BCUT2D eigenvalue weighted by Crippen LogP contribution is 2.18. The molecule has 0 aliphatic carbocycles. The van der Waals surface area contributed by atoms with Crippen LogP contribution in [0.1, 0.15) is 348 Å². The van der Waals surface area contributed by atoms with E-state index in [9.17, 15) is 14.4 Å². The maximum atomic E-state index is 12.9. The molecule has 1 unspecified atom stereocenters. The lowest BCUT2D eigenvalue weighted by atomic mass is 10.0. The number of ether oxygens (including phenoxy) is 3. The Bertz CT molecular complexity index is 1280. The lowest BCUT2D eigenvalue weighted by Crippen LogP contribution is -2.30. The van der Waals surface area contributed by atoms with Crippen molar-refractivity contribution in [2.75, 3.05) is 13.2 Å². The number of carbonyl (C=O) groups excluding carboxylic acids is 3. The highest BCUT2D eigenvalue weighted by atomic mass is 16.6. The van der Waals surface area contributed by atoms with E-state index in [0.717, 1.165) is 77.0 Å². The topological polar surface area (TPSA) is 78.9 Å². The van der Waals surface area contributed by atoms with Gasteiger partial charge in [-0.15, -0.1) is 0 Å². The molecule has 0 aliphatic rings. The van der Waals surface area contributed by atoms with Crippen molar-refractivity contribution in [1.29, 1.82) is 0 Å². The van der Waals surface area contributed by atoms with Crippen molar-refractivity contribution in [3.8, 4) is 0 Å². The second kappa shape index (κ2) is 62.9. The molecule has 1 atom stereocenters. The normalized spacial score (nSPS) is 12.3. The molecule has 74 heavy (non-hydrogen) atoms. The van der Waals surface area contributed by atoms with Crippen molar-refractivity contribution >= 4 is 17.9 Å². The first-order chi connectivity index (χ1) is 36.5. The molecule has 0 heterocycles. The van der Waals surface area contributed by atoms with Gasteiger partial charge in [-0.05, 0) is 57.8 Å². The van der Waals surface area contributed by atoms with Gasteiger partial charge < -0.3 is 14.2 Å². The van der Waals surface area contributed by atoms with Gasteiger partial charge in [0.1, 0.15) is 13.2 Å². The summed E-state index contributed by atoms with van der Waals surface area (Å²) in [6, 6.07) is 0. The van der Waals surface area contributed by atoms with E-state index in [1.54, 1.807) is 0 Å². The van der Waals surface area contributed by atoms with E-state index in [-0.39, 0.29) is 37.5 Å². The fourth-order valence-electron chi connectivity index (χ4n) is 9.73. The second-order valence-electron chi connectivity index (χ2n) is 22.0. The van der Waals surface area contributed by atoms with Crippen LogP contribution in [0.5, 0.6) is 0 Å². The maximum Gasteiger partial charge on any atom is 0.306 e. The van der Waals surface area contributed by atoms with Gasteiger partial charge in [-0.3, -0.25) is 14.4 Å². The predicted octanol–water partition coefficient (Wildman–Crippen LogP) is 22.2. The summed E-state index contributed by atoms with van der Waals surface area (Å²) in [6.45, 7) is 6.55. The minimum atomic E-state index is -0.792. The van der Waals surface area contributed by atoms with Gasteiger partial charge in [-0.2, -0.15) is 0 Å². The van der Waals surface area contributed by atoms with Crippen molar-refractivity contribution in [3.05, 3.63) is 48.6 Å². The van der Waals surface area contributed by atoms with Crippen LogP contribution in [0.25, 0.3) is 0 Å². The average Bonchev–Trinajstić information content (AvgIpc) is 3.40. The molecule has 0 aliphatic heterocycles. The van der Waals surface area contributed by atoms with Crippen LogP contribution in [0, 0.1) is 0 Å². The number of rotatable bonds is 60. The van der Waals surface area contributed by atoms with Crippen LogP contribution in [0.15, 0.2) is 48.6 Å². The molecule has 0 radical (unpaired) electrons. The smallest absolute Gasteiger partial charge is 0.306 e. The van der Waals surface area contributed by atoms with Gasteiger partial charge >= 0.3 is 17.9 Å². The van der Waals surface area contributed by atoms with E-state index >= 15 is 0 Å². The van der Waals surface area contributed by atoms with Crippen molar-refractivity contribution in [3.63, 3.8) is 0 Å². The van der Waals surface area contributed by atoms with E-state index in [1.807, 2.05) is 0 Å².